The monoisotopic (exact) mass is 425 g/mol. The highest BCUT2D eigenvalue weighted by atomic mass is 31.2. The van der Waals surface area contributed by atoms with E-state index in [4.69, 9.17) is 0 Å². The minimum atomic E-state index is -4.93. The van der Waals surface area contributed by atoms with Gasteiger partial charge in [0.05, 0.1) is 0 Å². The average Bonchev–Trinajstić information content (AvgIpc) is 2.69. The molecule has 0 aromatic rings. The fraction of sp³-hybridized carbons (Fsp3) is 1.00. The number of nitrogens with one attached hydrogen (secondary N) is 1. The summed E-state index contributed by atoms with van der Waals surface area (Å²) in [4.78, 5) is 51.7. The molecule has 0 aromatic heterocycles. The van der Waals surface area contributed by atoms with Gasteiger partial charge in [0.15, 0.2) is 0 Å². The Labute approximate surface area is 162 Å². The van der Waals surface area contributed by atoms with E-state index in [1.54, 1.807) is 37.5 Å². The molecule has 1 rings (SSSR count). The maximum atomic E-state index is 12.1. The summed E-state index contributed by atoms with van der Waals surface area (Å²) in [7, 11) is -9.86. The molecule has 0 radical (unpaired) electrons. The number of rotatable bonds is 8. The van der Waals surface area contributed by atoms with E-state index in [2.05, 4.69) is 5.32 Å². The molecule has 11 heteroatoms. The van der Waals surface area contributed by atoms with Gasteiger partial charge in [-0.3, -0.25) is 9.80 Å². The molecule has 1 aliphatic heterocycles. The maximum absolute atomic E-state index is 12.1. The first-order valence-corrected chi connectivity index (χ1v) is 12.8. The molecule has 0 unspecified atom stereocenters. The van der Waals surface area contributed by atoms with Crippen LogP contribution in [0.25, 0.3) is 0 Å². The zero-order valence-corrected chi connectivity index (χ0v) is 18.6. The van der Waals surface area contributed by atoms with Gasteiger partial charge in [0.1, 0.15) is 0 Å². The number of hydrogen-bond donors (Lipinski definition) is 1. The fourth-order valence-electron chi connectivity index (χ4n) is 4.37. The predicted octanol–water partition coefficient (Wildman–Crippen LogP) is -0.946. The molecular formula is C16H33N3O6P2-4. The van der Waals surface area contributed by atoms with Crippen LogP contribution in [0.5, 0.6) is 0 Å². The van der Waals surface area contributed by atoms with Crippen LogP contribution >= 0.6 is 15.2 Å². The Kier molecular flexibility index (Phi) is 9.14. The molecule has 27 heavy (non-hydrogen) atoms. The van der Waals surface area contributed by atoms with Crippen LogP contribution in [-0.4, -0.2) is 59.6 Å². The second kappa shape index (κ2) is 9.79. The second-order valence-electron chi connectivity index (χ2n) is 7.10. The van der Waals surface area contributed by atoms with E-state index in [0.29, 0.717) is 26.2 Å². The third-order valence-corrected chi connectivity index (χ3v) is 10.1. The van der Waals surface area contributed by atoms with E-state index in [9.17, 15) is 28.7 Å². The van der Waals surface area contributed by atoms with Crippen molar-refractivity contribution in [2.45, 2.75) is 63.9 Å². The van der Waals surface area contributed by atoms with Crippen LogP contribution in [0, 0.1) is 0 Å². The molecule has 0 spiro atoms. The summed E-state index contributed by atoms with van der Waals surface area (Å²) in [6.45, 7) is 8.81. The molecule has 0 amide bonds. The zero-order valence-electron chi connectivity index (χ0n) is 16.8. The lowest BCUT2D eigenvalue weighted by Gasteiger charge is -2.57. The van der Waals surface area contributed by atoms with Crippen molar-refractivity contribution in [2.75, 3.05) is 39.3 Å². The molecule has 0 saturated carbocycles. The van der Waals surface area contributed by atoms with E-state index in [-0.39, 0.29) is 38.8 Å². The second-order valence-corrected chi connectivity index (χ2v) is 10.8. The van der Waals surface area contributed by atoms with Crippen molar-refractivity contribution in [3.8, 4) is 0 Å². The molecule has 1 N–H and O–H groups in total. The van der Waals surface area contributed by atoms with Gasteiger partial charge in [-0.1, -0.05) is 27.7 Å². The summed E-state index contributed by atoms with van der Waals surface area (Å²) >= 11 is 0. The number of nitrogens with zero attached hydrogens (tertiary/aromatic N) is 2. The fourth-order valence-corrected chi connectivity index (χ4v) is 7.01. The molecule has 1 saturated heterocycles. The Morgan fingerprint density at radius 1 is 0.704 bits per heavy atom. The van der Waals surface area contributed by atoms with Crippen LogP contribution in [0.2, 0.25) is 0 Å². The van der Waals surface area contributed by atoms with Gasteiger partial charge in [-0.2, -0.15) is 0 Å². The van der Waals surface area contributed by atoms with Crippen molar-refractivity contribution in [1.29, 1.82) is 0 Å². The summed E-state index contributed by atoms with van der Waals surface area (Å²) in [5, 5.41) is 0.141. The van der Waals surface area contributed by atoms with Crippen LogP contribution in [0.1, 0.15) is 53.4 Å². The van der Waals surface area contributed by atoms with E-state index >= 15 is 0 Å². The first kappa shape index (κ1) is 25.2. The first-order chi connectivity index (χ1) is 12.5. The van der Waals surface area contributed by atoms with Crippen LogP contribution < -0.4 is 24.9 Å². The molecular weight excluding hydrogens is 392 g/mol. The third kappa shape index (κ3) is 5.03. The Bertz CT molecular complexity index is 508. The maximum Gasteiger partial charge on any atom is 0.0480 e. The van der Waals surface area contributed by atoms with Gasteiger partial charge in [-0.05, 0) is 40.9 Å². The van der Waals surface area contributed by atoms with Gasteiger partial charge < -0.3 is 34.0 Å². The normalized spacial score (nSPS) is 20.1. The Balaban J connectivity index is 3.26. The predicted molar refractivity (Wildman–Crippen MR) is 97.9 cm³/mol. The molecule has 0 aromatic carbocycles. The lowest BCUT2D eigenvalue weighted by molar-refractivity contribution is -0.329. The minimum Gasteiger partial charge on any atom is -0.809 e. The molecule has 162 valence electrons. The van der Waals surface area contributed by atoms with Crippen molar-refractivity contribution in [3.63, 3.8) is 0 Å². The Morgan fingerprint density at radius 3 is 1.22 bits per heavy atom. The average molecular weight is 425 g/mol. The molecule has 9 nitrogen and oxygen atoms in total. The van der Waals surface area contributed by atoms with Crippen molar-refractivity contribution in [1.82, 2.24) is 15.1 Å². The molecule has 0 aliphatic carbocycles. The van der Waals surface area contributed by atoms with E-state index < -0.39 is 25.8 Å². The standard InChI is InChI=1S/C16H37N3O6P2/c1-5-15(6-2,26(20,21)22)18-11-9-17-10-12-19(14-13-18)16(7-3,8-4)27(23,24)25/h17H,5-14H2,1-4H3,(H2,20,21,22)(H2,23,24,25)/p-4. The Morgan fingerprint density at radius 2 is 1.00 bits per heavy atom. The van der Waals surface area contributed by atoms with Gasteiger partial charge in [-0.25, -0.2) is 0 Å². The van der Waals surface area contributed by atoms with E-state index in [1.165, 1.54) is 0 Å². The lowest BCUT2D eigenvalue weighted by Crippen LogP contribution is -2.58. The number of hydrogen-bond acceptors (Lipinski definition) is 9. The molecule has 0 bridgehead atoms. The van der Waals surface area contributed by atoms with Gasteiger partial charge in [0.25, 0.3) is 0 Å². The van der Waals surface area contributed by atoms with Crippen LogP contribution in [-0.2, 0) is 9.13 Å². The van der Waals surface area contributed by atoms with Gasteiger partial charge in [0, 0.05) is 49.8 Å². The lowest BCUT2D eigenvalue weighted by atomic mass is 10.1. The van der Waals surface area contributed by atoms with Crippen LogP contribution in [0.3, 0.4) is 0 Å². The first-order valence-electron chi connectivity index (χ1n) is 9.70. The quantitative estimate of drug-likeness (QED) is 0.487. The summed E-state index contributed by atoms with van der Waals surface area (Å²) in [6, 6.07) is 0. The van der Waals surface area contributed by atoms with Gasteiger partial charge >= 0.3 is 0 Å². The van der Waals surface area contributed by atoms with Crippen molar-refractivity contribution in [2.24, 2.45) is 0 Å². The molecule has 0 atom stereocenters. The molecule has 1 fully saturated rings. The summed E-state index contributed by atoms with van der Waals surface area (Å²) < 4.78 is 24.2. The molecule has 1 aliphatic rings. The van der Waals surface area contributed by atoms with Crippen LogP contribution in [0.15, 0.2) is 0 Å². The minimum absolute atomic E-state index is 0.155. The third-order valence-electron chi connectivity index (χ3n) is 6.22. The molecule has 1 heterocycles. The largest absolute Gasteiger partial charge is 0.809 e. The summed E-state index contributed by atoms with van der Waals surface area (Å²) in [6.07, 6.45) is 0.619. The van der Waals surface area contributed by atoms with E-state index in [0.717, 1.165) is 0 Å². The highest BCUT2D eigenvalue weighted by Gasteiger charge is 2.40. The van der Waals surface area contributed by atoms with Crippen molar-refractivity contribution < 1.29 is 28.7 Å². The zero-order chi connectivity index (χ0) is 20.9. The highest BCUT2D eigenvalue weighted by molar-refractivity contribution is 7.50. The van der Waals surface area contributed by atoms with Crippen molar-refractivity contribution >= 4 is 15.2 Å². The van der Waals surface area contributed by atoms with Gasteiger partial charge in [-0.15, -0.1) is 0 Å². The van der Waals surface area contributed by atoms with Gasteiger partial charge in [0.2, 0.25) is 0 Å². The summed E-state index contributed by atoms with van der Waals surface area (Å²) in [5.41, 5.74) is 0. The SMILES string of the molecule is CCC(CC)(N1CCNCCN(C(CC)(CC)P(=O)([O-])[O-])CC1)P(=O)([O-])[O-]. The summed E-state index contributed by atoms with van der Waals surface area (Å²) in [5.74, 6) is 0. The topological polar surface area (TPSA) is 145 Å². The van der Waals surface area contributed by atoms with Crippen LogP contribution in [0.4, 0.5) is 0 Å². The smallest absolute Gasteiger partial charge is 0.0480 e. The van der Waals surface area contributed by atoms with E-state index in [1.807, 2.05) is 0 Å². The Hall–Kier alpha value is 0.180. The highest BCUT2D eigenvalue weighted by Crippen LogP contribution is 2.51. The van der Waals surface area contributed by atoms with Crippen molar-refractivity contribution in [3.05, 3.63) is 0 Å².